The highest BCUT2D eigenvalue weighted by molar-refractivity contribution is 7.09. The number of urea groups is 1. The molecule has 130 valence electrons. The summed E-state index contributed by atoms with van der Waals surface area (Å²) in [5.74, 6) is -0.247. The van der Waals surface area contributed by atoms with Gasteiger partial charge in [-0.3, -0.25) is 4.79 Å². The van der Waals surface area contributed by atoms with Gasteiger partial charge in [0.05, 0.1) is 0 Å². The van der Waals surface area contributed by atoms with Gasteiger partial charge in [-0.1, -0.05) is 12.1 Å². The van der Waals surface area contributed by atoms with E-state index in [1.807, 2.05) is 18.2 Å². The Morgan fingerprint density at radius 3 is 2.71 bits per heavy atom. The van der Waals surface area contributed by atoms with Crippen LogP contribution in [-0.4, -0.2) is 35.9 Å². The lowest BCUT2D eigenvalue weighted by Crippen LogP contribution is -2.27. The van der Waals surface area contributed by atoms with Gasteiger partial charge >= 0.3 is 6.03 Å². The molecule has 0 aliphatic heterocycles. The lowest BCUT2D eigenvalue weighted by Gasteiger charge is -2.12. The molecule has 0 radical (unpaired) electrons. The molecule has 0 unspecified atom stereocenters. The van der Waals surface area contributed by atoms with Crippen molar-refractivity contribution in [1.82, 2.24) is 15.2 Å². The van der Waals surface area contributed by atoms with Gasteiger partial charge in [-0.05, 0) is 17.7 Å². The number of halogens is 1. The van der Waals surface area contributed by atoms with E-state index in [0.29, 0.717) is 24.5 Å². The third kappa shape index (κ3) is 5.48. The molecule has 3 amide bonds. The van der Waals surface area contributed by atoms with Crippen LogP contribution in [0.1, 0.15) is 21.1 Å². The normalized spacial score (nSPS) is 9.79. The summed E-state index contributed by atoms with van der Waals surface area (Å²) in [5.41, 5.74) is 7.41. The van der Waals surface area contributed by atoms with Crippen molar-refractivity contribution in [2.45, 2.75) is 13.1 Å². The van der Waals surface area contributed by atoms with Crippen molar-refractivity contribution >= 4 is 41.4 Å². The average molecular weight is 370 g/mol. The Hall–Kier alpha value is -2.16. The number of anilines is 1. The van der Waals surface area contributed by atoms with Crippen molar-refractivity contribution in [3.8, 4) is 0 Å². The van der Waals surface area contributed by atoms with Crippen LogP contribution in [0.15, 0.2) is 29.6 Å². The van der Waals surface area contributed by atoms with E-state index in [2.05, 4.69) is 15.6 Å². The molecular weight excluding hydrogens is 350 g/mol. The first-order valence-electron chi connectivity index (χ1n) is 6.99. The van der Waals surface area contributed by atoms with Crippen molar-refractivity contribution in [1.29, 1.82) is 0 Å². The van der Waals surface area contributed by atoms with Gasteiger partial charge in [-0.25, -0.2) is 9.78 Å². The molecule has 0 fully saturated rings. The topological polar surface area (TPSA) is 100 Å². The number of hydrogen-bond acceptors (Lipinski definition) is 5. The van der Waals surface area contributed by atoms with Crippen LogP contribution in [0.25, 0.3) is 0 Å². The summed E-state index contributed by atoms with van der Waals surface area (Å²) in [5, 5.41) is 7.97. The van der Waals surface area contributed by atoms with Gasteiger partial charge in [0.2, 0.25) is 0 Å². The summed E-state index contributed by atoms with van der Waals surface area (Å²) in [6.45, 7) is 0.672. The van der Waals surface area contributed by atoms with E-state index in [1.54, 1.807) is 25.5 Å². The Labute approximate surface area is 150 Å². The molecular formula is C15H20ClN5O2S. The van der Waals surface area contributed by atoms with Crippen LogP contribution in [0, 0.1) is 0 Å². The molecule has 24 heavy (non-hydrogen) atoms. The number of carbonyl (C=O) groups is 2. The minimum Gasteiger partial charge on any atom is -0.347 e. The minimum absolute atomic E-state index is 0. The molecule has 1 aromatic heterocycles. The van der Waals surface area contributed by atoms with Gasteiger partial charge in [0.25, 0.3) is 5.91 Å². The van der Waals surface area contributed by atoms with E-state index < -0.39 is 0 Å². The number of carbonyl (C=O) groups excluding carboxylic acids is 2. The van der Waals surface area contributed by atoms with E-state index in [9.17, 15) is 9.59 Å². The number of aromatic nitrogens is 1. The maximum Gasteiger partial charge on any atom is 0.321 e. The highest BCUT2D eigenvalue weighted by atomic mass is 35.5. The maximum atomic E-state index is 12.0. The SMILES string of the molecule is CN(C)C(=O)Nc1cccc(CNC(=O)c2csc(CN)n2)c1.Cl. The van der Waals surface area contributed by atoms with E-state index in [0.717, 1.165) is 10.6 Å². The Morgan fingerprint density at radius 1 is 1.33 bits per heavy atom. The van der Waals surface area contributed by atoms with Crippen LogP contribution in [0.2, 0.25) is 0 Å². The summed E-state index contributed by atoms with van der Waals surface area (Å²) < 4.78 is 0. The number of benzene rings is 1. The van der Waals surface area contributed by atoms with E-state index in [4.69, 9.17) is 5.73 Å². The van der Waals surface area contributed by atoms with Crippen molar-refractivity contribution < 1.29 is 9.59 Å². The molecule has 0 aliphatic rings. The molecule has 4 N–H and O–H groups in total. The molecule has 1 heterocycles. The number of nitrogens with zero attached hydrogens (tertiary/aromatic N) is 2. The van der Waals surface area contributed by atoms with Crippen LogP contribution in [0.5, 0.6) is 0 Å². The van der Waals surface area contributed by atoms with E-state index in [-0.39, 0.29) is 24.3 Å². The van der Waals surface area contributed by atoms with Gasteiger partial charge < -0.3 is 21.3 Å². The summed E-state index contributed by atoms with van der Waals surface area (Å²) in [6.07, 6.45) is 0. The number of hydrogen-bond donors (Lipinski definition) is 3. The second kappa shape index (κ2) is 9.21. The molecule has 0 aliphatic carbocycles. The number of nitrogens with two attached hydrogens (primary N) is 1. The molecule has 9 heteroatoms. The summed E-state index contributed by atoms with van der Waals surface area (Å²) in [7, 11) is 3.34. The molecule has 0 bridgehead atoms. The lowest BCUT2D eigenvalue weighted by molar-refractivity contribution is 0.0946. The molecule has 2 rings (SSSR count). The Morgan fingerprint density at radius 2 is 2.08 bits per heavy atom. The monoisotopic (exact) mass is 369 g/mol. The second-order valence-electron chi connectivity index (χ2n) is 5.04. The first-order valence-corrected chi connectivity index (χ1v) is 7.87. The fourth-order valence-corrected chi connectivity index (χ4v) is 2.43. The molecule has 0 atom stereocenters. The van der Waals surface area contributed by atoms with Crippen LogP contribution in [0.4, 0.5) is 10.5 Å². The van der Waals surface area contributed by atoms with Crippen LogP contribution >= 0.6 is 23.7 Å². The quantitative estimate of drug-likeness (QED) is 0.750. The summed E-state index contributed by atoms with van der Waals surface area (Å²) in [6, 6.07) is 7.09. The van der Waals surface area contributed by atoms with Crippen molar-refractivity contribution in [3.05, 3.63) is 45.9 Å². The van der Waals surface area contributed by atoms with Crippen molar-refractivity contribution in [2.24, 2.45) is 5.73 Å². The number of thiazole rings is 1. The fraction of sp³-hybridized carbons (Fsp3) is 0.267. The number of nitrogens with one attached hydrogen (secondary N) is 2. The Bertz CT molecular complexity index is 705. The molecule has 2 aromatic rings. The van der Waals surface area contributed by atoms with E-state index in [1.165, 1.54) is 16.2 Å². The van der Waals surface area contributed by atoms with Gasteiger partial charge in [-0.2, -0.15) is 0 Å². The average Bonchev–Trinajstić information content (AvgIpc) is 3.02. The Kier molecular flexibility index (Phi) is 7.63. The smallest absolute Gasteiger partial charge is 0.321 e. The zero-order chi connectivity index (χ0) is 16.8. The first-order chi connectivity index (χ1) is 11.0. The molecule has 1 aromatic carbocycles. The third-order valence-electron chi connectivity index (χ3n) is 3.00. The van der Waals surface area contributed by atoms with Gasteiger partial charge in [-0.15, -0.1) is 23.7 Å². The van der Waals surface area contributed by atoms with E-state index >= 15 is 0 Å². The third-order valence-corrected chi connectivity index (χ3v) is 3.87. The maximum absolute atomic E-state index is 12.0. The zero-order valence-electron chi connectivity index (χ0n) is 13.4. The predicted octanol–water partition coefficient (Wildman–Crippen LogP) is 2.05. The summed E-state index contributed by atoms with van der Waals surface area (Å²) >= 11 is 1.36. The number of rotatable bonds is 5. The predicted molar refractivity (Wildman–Crippen MR) is 97.6 cm³/mol. The van der Waals surface area contributed by atoms with Crippen LogP contribution < -0.4 is 16.4 Å². The van der Waals surface area contributed by atoms with Crippen LogP contribution in [-0.2, 0) is 13.1 Å². The largest absolute Gasteiger partial charge is 0.347 e. The standard InChI is InChI=1S/C15H19N5O2S.ClH/c1-20(2)15(22)18-11-5-3-4-10(6-11)8-17-14(21)12-9-23-13(7-16)19-12;/h3-6,9H,7-8,16H2,1-2H3,(H,17,21)(H,18,22);1H. The first kappa shape index (κ1) is 19.9. The van der Waals surface area contributed by atoms with Crippen molar-refractivity contribution in [2.75, 3.05) is 19.4 Å². The Balaban J connectivity index is 0.00000288. The van der Waals surface area contributed by atoms with Crippen LogP contribution in [0.3, 0.4) is 0 Å². The fourth-order valence-electron chi connectivity index (χ4n) is 1.78. The molecule has 7 nitrogen and oxygen atoms in total. The molecule has 0 saturated heterocycles. The van der Waals surface area contributed by atoms with Crippen molar-refractivity contribution in [3.63, 3.8) is 0 Å². The second-order valence-corrected chi connectivity index (χ2v) is 5.98. The van der Waals surface area contributed by atoms with Gasteiger partial charge in [0.1, 0.15) is 10.7 Å². The highest BCUT2D eigenvalue weighted by Crippen LogP contribution is 2.12. The zero-order valence-corrected chi connectivity index (χ0v) is 15.0. The van der Waals surface area contributed by atoms with Gasteiger partial charge in [0.15, 0.2) is 0 Å². The minimum atomic E-state index is -0.247. The number of amides is 3. The highest BCUT2D eigenvalue weighted by Gasteiger charge is 2.10. The summed E-state index contributed by atoms with van der Waals surface area (Å²) in [4.78, 5) is 29.2. The molecule has 0 saturated carbocycles. The van der Waals surface area contributed by atoms with Gasteiger partial charge in [0, 0.05) is 38.3 Å². The molecule has 0 spiro atoms. The lowest BCUT2D eigenvalue weighted by atomic mass is 10.2.